The fraction of sp³-hybridized carbons (Fsp3) is 0.400. The van der Waals surface area contributed by atoms with E-state index >= 15 is 0 Å². The van der Waals surface area contributed by atoms with Gasteiger partial charge in [-0.2, -0.15) is 0 Å². The third-order valence-electron chi connectivity index (χ3n) is 3.82. The van der Waals surface area contributed by atoms with Crippen molar-refractivity contribution < 1.29 is 18.3 Å². The minimum absolute atomic E-state index is 0.0456. The largest absolute Gasteiger partial charge is 0.489 e. The lowest BCUT2D eigenvalue weighted by Gasteiger charge is -2.21. The minimum atomic E-state index is -3.06. The van der Waals surface area contributed by atoms with Gasteiger partial charge in [0.05, 0.1) is 19.4 Å². The van der Waals surface area contributed by atoms with Crippen molar-refractivity contribution in [3.05, 3.63) is 65.7 Å². The minimum Gasteiger partial charge on any atom is -0.489 e. The average molecular weight is 362 g/mol. The number of benzene rings is 2. The Labute approximate surface area is 150 Å². The molecular weight excluding hydrogens is 335 g/mol. The van der Waals surface area contributed by atoms with Gasteiger partial charge in [0.25, 0.3) is 0 Å². The molecule has 0 saturated heterocycles. The van der Waals surface area contributed by atoms with Crippen LogP contribution in [0.25, 0.3) is 0 Å². The van der Waals surface area contributed by atoms with E-state index in [1.165, 1.54) is 0 Å². The summed E-state index contributed by atoms with van der Waals surface area (Å²) < 4.78 is 29.4. The molecule has 2 aromatic carbocycles. The van der Waals surface area contributed by atoms with Gasteiger partial charge in [-0.1, -0.05) is 49.4 Å². The molecule has 1 atom stereocenters. The highest BCUT2D eigenvalue weighted by Crippen LogP contribution is 2.51. The molecule has 0 saturated carbocycles. The van der Waals surface area contributed by atoms with Crippen LogP contribution in [0.4, 0.5) is 0 Å². The first-order valence-corrected chi connectivity index (χ1v) is 10.4. The maximum absolute atomic E-state index is 12.7. The molecular formula is C20H27O4P. The SMILES string of the molecule is CCOP(=O)(C[C@@H](C)c1cccc(OCc2ccccc2)c1)OCC. The van der Waals surface area contributed by atoms with Crippen molar-refractivity contribution in [2.45, 2.75) is 33.3 Å². The summed E-state index contributed by atoms with van der Waals surface area (Å²) in [5.74, 6) is 0.847. The molecule has 136 valence electrons. The van der Waals surface area contributed by atoms with Crippen LogP contribution in [-0.2, 0) is 20.2 Å². The lowest BCUT2D eigenvalue weighted by Crippen LogP contribution is -2.07. The Bertz CT molecular complexity index is 677. The van der Waals surface area contributed by atoms with E-state index in [0.29, 0.717) is 26.0 Å². The fourth-order valence-electron chi connectivity index (χ4n) is 2.63. The second-order valence-electron chi connectivity index (χ2n) is 5.88. The number of hydrogen-bond donors (Lipinski definition) is 0. The summed E-state index contributed by atoms with van der Waals surface area (Å²) in [5, 5.41) is 0. The molecule has 4 nitrogen and oxygen atoms in total. The van der Waals surface area contributed by atoms with E-state index in [9.17, 15) is 4.57 Å². The van der Waals surface area contributed by atoms with Crippen LogP contribution in [0.2, 0.25) is 0 Å². The van der Waals surface area contributed by atoms with E-state index in [0.717, 1.165) is 16.9 Å². The summed E-state index contributed by atoms with van der Waals surface area (Å²) in [7, 11) is -3.06. The Hall–Kier alpha value is -1.61. The topological polar surface area (TPSA) is 44.8 Å². The van der Waals surface area contributed by atoms with Crippen LogP contribution in [-0.4, -0.2) is 19.4 Å². The average Bonchev–Trinajstić information content (AvgIpc) is 2.61. The Morgan fingerprint density at radius 2 is 1.64 bits per heavy atom. The summed E-state index contributed by atoms with van der Waals surface area (Å²) in [6.45, 7) is 6.97. The molecule has 2 rings (SSSR count). The molecule has 0 aliphatic rings. The summed E-state index contributed by atoms with van der Waals surface area (Å²) in [5.41, 5.74) is 2.18. The predicted octanol–water partition coefficient (Wildman–Crippen LogP) is 5.64. The zero-order valence-corrected chi connectivity index (χ0v) is 16.1. The van der Waals surface area contributed by atoms with Gasteiger partial charge < -0.3 is 13.8 Å². The van der Waals surface area contributed by atoms with E-state index in [-0.39, 0.29) is 5.92 Å². The van der Waals surface area contributed by atoms with Crippen molar-refractivity contribution >= 4 is 7.60 Å². The molecule has 25 heavy (non-hydrogen) atoms. The van der Waals surface area contributed by atoms with Crippen molar-refractivity contribution in [1.82, 2.24) is 0 Å². The number of hydrogen-bond acceptors (Lipinski definition) is 4. The van der Waals surface area contributed by atoms with Gasteiger partial charge in [0, 0.05) is 0 Å². The lowest BCUT2D eigenvalue weighted by molar-refractivity contribution is 0.219. The molecule has 0 radical (unpaired) electrons. The van der Waals surface area contributed by atoms with Gasteiger partial charge in [0.2, 0.25) is 0 Å². The first-order valence-electron chi connectivity index (χ1n) is 8.71. The highest BCUT2D eigenvalue weighted by Gasteiger charge is 2.27. The maximum Gasteiger partial charge on any atom is 0.331 e. The van der Waals surface area contributed by atoms with Crippen molar-refractivity contribution in [3.8, 4) is 5.75 Å². The predicted molar refractivity (Wildman–Crippen MR) is 101 cm³/mol. The molecule has 0 fully saturated rings. The van der Waals surface area contributed by atoms with Crippen LogP contribution in [0, 0.1) is 0 Å². The third kappa shape index (κ3) is 6.32. The molecule has 0 amide bonds. The molecule has 0 heterocycles. The normalized spacial score (nSPS) is 12.8. The van der Waals surface area contributed by atoms with Crippen molar-refractivity contribution in [2.75, 3.05) is 19.4 Å². The second kappa shape index (κ2) is 9.76. The van der Waals surface area contributed by atoms with Crippen LogP contribution >= 0.6 is 7.60 Å². The number of ether oxygens (including phenoxy) is 1. The monoisotopic (exact) mass is 362 g/mol. The van der Waals surface area contributed by atoms with Crippen LogP contribution < -0.4 is 4.74 Å². The van der Waals surface area contributed by atoms with Gasteiger partial charge in [-0.15, -0.1) is 0 Å². The Balaban J connectivity index is 2.02. The van der Waals surface area contributed by atoms with Gasteiger partial charge in [0.1, 0.15) is 12.4 Å². The maximum atomic E-state index is 12.7. The first kappa shape index (κ1) is 19.7. The summed E-state index contributed by atoms with van der Waals surface area (Å²) in [6, 6.07) is 18.0. The molecule has 0 aliphatic carbocycles. The van der Waals surface area contributed by atoms with Gasteiger partial charge >= 0.3 is 7.60 Å². The summed E-state index contributed by atoms with van der Waals surface area (Å²) in [4.78, 5) is 0. The van der Waals surface area contributed by atoms with E-state index < -0.39 is 7.60 Å². The molecule has 0 spiro atoms. The van der Waals surface area contributed by atoms with Crippen molar-refractivity contribution in [3.63, 3.8) is 0 Å². The summed E-state index contributed by atoms with van der Waals surface area (Å²) in [6.07, 6.45) is 0.358. The molecule has 0 bridgehead atoms. The Kier molecular flexibility index (Phi) is 7.70. The molecule has 5 heteroatoms. The second-order valence-corrected chi connectivity index (χ2v) is 7.98. The molecule has 0 N–H and O–H groups in total. The van der Waals surface area contributed by atoms with Gasteiger partial charge in [-0.05, 0) is 43.0 Å². The highest BCUT2D eigenvalue weighted by molar-refractivity contribution is 7.53. The smallest absolute Gasteiger partial charge is 0.331 e. The van der Waals surface area contributed by atoms with Gasteiger partial charge in [-0.25, -0.2) is 0 Å². The third-order valence-corrected chi connectivity index (χ3v) is 6.12. The lowest BCUT2D eigenvalue weighted by atomic mass is 10.0. The zero-order chi connectivity index (χ0) is 18.1. The fourth-order valence-corrected chi connectivity index (χ4v) is 4.58. The van der Waals surface area contributed by atoms with Gasteiger partial charge in [0.15, 0.2) is 0 Å². The van der Waals surface area contributed by atoms with Crippen LogP contribution in [0.15, 0.2) is 54.6 Å². The standard InChI is InChI=1S/C20H27O4P/c1-4-23-25(21,24-5-2)16-17(3)19-12-9-13-20(14-19)22-15-18-10-7-6-8-11-18/h6-14,17H,4-5,15-16H2,1-3H3/t17-/m1/s1. The van der Waals surface area contributed by atoms with E-state index in [2.05, 4.69) is 0 Å². The van der Waals surface area contributed by atoms with Gasteiger partial charge in [-0.3, -0.25) is 4.57 Å². The quantitative estimate of drug-likeness (QED) is 0.514. The van der Waals surface area contributed by atoms with E-state index in [4.69, 9.17) is 13.8 Å². The van der Waals surface area contributed by atoms with Crippen LogP contribution in [0.5, 0.6) is 5.75 Å². The van der Waals surface area contributed by atoms with E-state index in [1.54, 1.807) is 0 Å². The van der Waals surface area contributed by atoms with Crippen molar-refractivity contribution in [2.24, 2.45) is 0 Å². The van der Waals surface area contributed by atoms with Crippen LogP contribution in [0.1, 0.15) is 37.8 Å². The van der Waals surface area contributed by atoms with Crippen LogP contribution in [0.3, 0.4) is 0 Å². The number of rotatable bonds is 10. The summed E-state index contributed by atoms with van der Waals surface area (Å²) >= 11 is 0. The molecule has 0 unspecified atom stereocenters. The molecule has 0 aliphatic heterocycles. The first-order chi connectivity index (χ1) is 12.1. The van der Waals surface area contributed by atoms with E-state index in [1.807, 2.05) is 75.4 Å². The zero-order valence-electron chi connectivity index (χ0n) is 15.2. The highest BCUT2D eigenvalue weighted by atomic mass is 31.2. The Morgan fingerprint density at radius 3 is 2.28 bits per heavy atom. The van der Waals surface area contributed by atoms with Crippen molar-refractivity contribution in [1.29, 1.82) is 0 Å². The molecule has 2 aromatic rings. The Morgan fingerprint density at radius 1 is 0.960 bits per heavy atom. The molecule has 0 aromatic heterocycles.